The van der Waals surface area contributed by atoms with Crippen molar-refractivity contribution in [1.29, 1.82) is 0 Å². The minimum atomic E-state index is -2.93. The molecule has 0 aliphatic carbocycles. The molecule has 0 bridgehead atoms. The van der Waals surface area contributed by atoms with Crippen molar-refractivity contribution >= 4 is 22.5 Å². The number of hydrogen-bond acceptors (Lipinski definition) is 4. The Morgan fingerprint density at radius 3 is 2.72 bits per heavy atom. The number of fused-ring (bicyclic) bond motifs is 1. The summed E-state index contributed by atoms with van der Waals surface area (Å²) in [5.41, 5.74) is 1.38. The van der Waals surface area contributed by atoms with Gasteiger partial charge in [-0.25, -0.2) is 0 Å². The van der Waals surface area contributed by atoms with Crippen molar-refractivity contribution in [1.82, 2.24) is 4.98 Å². The van der Waals surface area contributed by atoms with E-state index in [9.17, 15) is 13.6 Å². The summed E-state index contributed by atoms with van der Waals surface area (Å²) in [5.74, 6) is 0.172. The van der Waals surface area contributed by atoms with Gasteiger partial charge >= 0.3 is 6.61 Å². The van der Waals surface area contributed by atoms with Gasteiger partial charge in [0.25, 0.3) is 5.91 Å². The standard InChI is InChI=1S/C18H14F2N2O3/c1-24-12-5-6-16-15(10-12)14(7-8-21-16)17(23)22-11-3-2-4-13(9-11)25-18(19)20/h2-10,18H,1H3,(H,22,23). The molecule has 1 amide bonds. The number of alkyl halides is 2. The van der Waals surface area contributed by atoms with Crippen LogP contribution in [0.2, 0.25) is 0 Å². The number of carbonyl (C=O) groups is 1. The first-order valence-corrected chi connectivity index (χ1v) is 7.36. The van der Waals surface area contributed by atoms with E-state index in [0.29, 0.717) is 27.9 Å². The van der Waals surface area contributed by atoms with Gasteiger partial charge in [0.15, 0.2) is 0 Å². The zero-order valence-corrected chi connectivity index (χ0v) is 13.2. The number of nitrogens with zero attached hydrogens (tertiary/aromatic N) is 1. The van der Waals surface area contributed by atoms with Crippen molar-refractivity contribution in [3.63, 3.8) is 0 Å². The van der Waals surface area contributed by atoms with Crippen LogP contribution in [0.3, 0.4) is 0 Å². The Bertz CT molecular complexity index is 916. The third-order valence-electron chi connectivity index (χ3n) is 3.51. The van der Waals surface area contributed by atoms with Crippen molar-refractivity contribution in [2.24, 2.45) is 0 Å². The van der Waals surface area contributed by atoms with Crippen LogP contribution in [-0.2, 0) is 0 Å². The van der Waals surface area contributed by atoms with Crippen LogP contribution in [0.4, 0.5) is 14.5 Å². The molecule has 0 atom stereocenters. The first-order chi connectivity index (χ1) is 12.1. The van der Waals surface area contributed by atoms with Crippen molar-refractivity contribution < 1.29 is 23.0 Å². The van der Waals surface area contributed by atoms with Gasteiger partial charge in [-0.2, -0.15) is 8.78 Å². The molecule has 3 rings (SSSR count). The first kappa shape index (κ1) is 16.6. The van der Waals surface area contributed by atoms with E-state index in [4.69, 9.17) is 4.74 Å². The molecule has 0 saturated heterocycles. The van der Waals surface area contributed by atoms with Gasteiger partial charge in [-0.15, -0.1) is 0 Å². The SMILES string of the molecule is COc1ccc2nccc(C(=O)Nc3cccc(OC(F)F)c3)c2c1. The fraction of sp³-hybridized carbons (Fsp3) is 0.111. The minimum Gasteiger partial charge on any atom is -0.497 e. The summed E-state index contributed by atoms with van der Waals surface area (Å²) in [7, 11) is 1.53. The van der Waals surface area contributed by atoms with Crippen molar-refractivity contribution in [3.8, 4) is 11.5 Å². The molecule has 3 aromatic rings. The van der Waals surface area contributed by atoms with E-state index in [1.165, 1.54) is 31.5 Å². The minimum absolute atomic E-state index is 0.0333. The smallest absolute Gasteiger partial charge is 0.387 e. The molecule has 0 aliphatic heterocycles. The summed E-state index contributed by atoms with van der Waals surface area (Å²) in [6.07, 6.45) is 1.53. The Morgan fingerprint density at radius 1 is 1.12 bits per heavy atom. The van der Waals surface area contributed by atoms with Crippen LogP contribution in [0.15, 0.2) is 54.7 Å². The average Bonchev–Trinajstić information content (AvgIpc) is 2.60. The highest BCUT2D eigenvalue weighted by Gasteiger charge is 2.13. The Hall–Kier alpha value is -3.22. The first-order valence-electron chi connectivity index (χ1n) is 7.36. The summed E-state index contributed by atoms with van der Waals surface area (Å²) < 4.78 is 34.1. The lowest BCUT2D eigenvalue weighted by atomic mass is 10.1. The zero-order chi connectivity index (χ0) is 17.8. The summed E-state index contributed by atoms with van der Waals surface area (Å²) in [6, 6.07) is 12.6. The second kappa shape index (κ2) is 7.12. The molecule has 5 nitrogen and oxygen atoms in total. The number of carbonyl (C=O) groups excluding carboxylic acids is 1. The number of ether oxygens (including phenoxy) is 2. The molecule has 1 heterocycles. The number of halogens is 2. The van der Waals surface area contributed by atoms with Gasteiger partial charge in [-0.05, 0) is 36.4 Å². The van der Waals surface area contributed by atoms with Crippen molar-refractivity contribution in [2.75, 3.05) is 12.4 Å². The number of pyridine rings is 1. The van der Waals surface area contributed by atoms with Gasteiger partial charge in [-0.1, -0.05) is 6.07 Å². The number of benzene rings is 2. The second-order valence-electron chi connectivity index (χ2n) is 5.10. The number of rotatable bonds is 5. The van der Waals surface area contributed by atoms with Crippen LogP contribution in [0.25, 0.3) is 10.9 Å². The molecule has 0 unspecified atom stereocenters. The Labute approximate surface area is 142 Å². The van der Waals surface area contributed by atoms with E-state index < -0.39 is 12.5 Å². The number of methoxy groups -OCH3 is 1. The quantitative estimate of drug-likeness (QED) is 0.757. The second-order valence-corrected chi connectivity index (χ2v) is 5.10. The van der Waals surface area contributed by atoms with E-state index in [1.807, 2.05) is 0 Å². The Kier molecular flexibility index (Phi) is 4.74. The maximum absolute atomic E-state index is 12.6. The average molecular weight is 344 g/mol. The maximum Gasteiger partial charge on any atom is 0.387 e. The van der Waals surface area contributed by atoms with Gasteiger partial charge in [-0.3, -0.25) is 9.78 Å². The monoisotopic (exact) mass is 344 g/mol. The van der Waals surface area contributed by atoms with E-state index >= 15 is 0 Å². The molecule has 0 saturated carbocycles. The Morgan fingerprint density at radius 2 is 1.96 bits per heavy atom. The highest BCUT2D eigenvalue weighted by atomic mass is 19.3. The van der Waals surface area contributed by atoms with Gasteiger partial charge in [0.1, 0.15) is 11.5 Å². The largest absolute Gasteiger partial charge is 0.497 e. The number of aromatic nitrogens is 1. The highest BCUT2D eigenvalue weighted by Crippen LogP contribution is 2.24. The predicted octanol–water partition coefficient (Wildman–Crippen LogP) is 4.10. The molecule has 2 aromatic carbocycles. The van der Waals surface area contributed by atoms with Crippen LogP contribution in [0, 0.1) is 0 Å². The number of hydrogen-bond donors (Lipinski definition) is 1. The topological polar surface area (TPSA) is 60.5 Å². The van der Waals surface area contributed by atoms with Gasteiger partial charge in [0.2, 0.25) is 0 Å². The molecule has 1 aromatic heterocycles. The van der Waals surface area contributed by atoms with Crippen molar-refractivity contribution in [3.05, 3.63) is 60.3 Å². The third-order valence-corrected chi connectivity index (χ3v) is 3.51. The normalized spacial score (nSPS) is 10.7. The lowest BCUT2D eigenvalue weighted by Crippen LogP contribution is -2.13. The maximum atomic E-state index is 12.6. The Balaban J connectivity index is 1.90. The molecule has 0 spiro atoms. The summed E-state index contributed by atoms with van der Waals surface area (Å²) in [5, 5.41) is 3.29. The fourth-order valence-electron chi connectivity index (χ4n) is 2.40. The number of amides is 1. The van der Waals surface area contributed by atoms with Crippen LogP contribution >= 0.6 is 0 Å². The van der Waals surface area contributed by atoms with Gasteiger partial charge in [0.05, 0.1) is 18.2 Å². The molecule has 1 N–H and O–H groups in total. The highest BCUT2D eigenvalue weighted by molar-refractivity contribution is 6.12. The van der Waals surface area contributed by atoms with E-state index in [-0.39, 0.29) is 5.75 Å². The molecule has 0 fully saturated rings. The third kappa shape index (κ3) is 3.82. The lowest BCUT2D eigenvalue weighted by molar-refractivity contribution is -0.0497. The van der Waals surface area contributed by atoms with E-state index in [1.54, 1.807) is 30.3 Å². The van der Waals surface area contributed by atoms with Crippen LogP contribution < -0.4 is 14.8 Å². The summed E-state index contributed by atoms with van der Waals surface area (Å²) in [4.78, 5) is 16.8. The van der Waals surface area contributed by atoms with Gasteiger partial charge in [0, 0.05) is 23.3 Å². The van der Waals surface area contributed by atoms with Crippen molar-refractivity contribution in [2.45, 2.75) is 6.61 Å². The van der Waals surface area contributed by atoms with Crippen LogP contribution in [-0.4, -0.2) is 24.6 Å². The summed E-state index contributed by atoms with van der Waals surface area (Å²) in [6.45, 7) is -2.93. The molecular formula is C18H14F2N2O3. The molecular weight excluding hydrogens is 330 g/mol. The zero-order valence-electron chi connectivity index (χ0n) is 13.2. The predicted molar refractivity (Wildman–Crippen MR) is 89.3 cm³/mol. The molecule has 7 heteroatoms. The van der Waals surface area contributed by atoms with Crippen LogP contribution in [0.5, 0.6) is 11.5 Å². The van der Waals surface area contributed by atoms with E-state index in [2.05, 4.69) is 15.0 Å². The molecule has 128 valence electrons. The lowest BCUT2D eigenvalue weighted by Gasteiger charge is -2.10. The molecule has 0 radical (unpaired) electrons. The molecule has 25 heavy (non-hydrogen) atoms. The van der Waals surface area contributed by atoms with Gasteiger partial charge < -0.3 is 14.8 Å². The number of nitrogens with one attached hydrogen (secondary N) is 1. The van der Waals surface area contributed by atoms with Crippen LogP contribution in [0.1, 0.15) is 10.4 Å². The number of anilines is 1. The summed E-state index contributed by atoms with van der Waals surface area (Å²) >= 11 is 0. The fourth-order valence-corrected chi connectivity index (χ4v) is 2.40. The van der Waals surface area contributed by atoms with E-state index in [0.717, 1.165) is 0 Å². The molecule has 0 aliphatic rings.